The van der Waals surface area contributed by atoms with Gasteiger partial charge in [0.2, 0.25) is 4.77 Å². The quantitative estimate of drug-likeness (QED) is 0.818. The van der Waals surface area contributed by atoms with E-state index in [-0.39, 0.29) is 0 Å². The molecular weight excluding hydrogens is 254 g/mol. The monoisotopic (exact) mass is 269 g/mol. The Morgan fingerprint density at radius 1 is 1.35 bits per heavy atom. The van der Waals surface area contributed by atoms with Gasteiger partial charge in [0.25, 0.3) is 0 Å². The lowest BCUT2D eigenvalue weighted by Gasteiger charge is -2.15. The van der Waals surface area contributed by atoms with Gasteiger partial charge in [-0.25, -0.2) is 4.98 Å². The third kappa shape index (κ3) is 2.99. The molecule has 0 saturated carbocycles. The van der Waals surface area contributed by atoms with Crippen molar-refractivity contribution in [2.45, 2.75) is 20.4 Å². The van der Waals surface area contributed by atoms with Gasteiger partial charge in [0.1, 0.15) is 5.01 Å². The van der Waals surface area contributed by atoms with Crippen LogP contribution in [-0.4, -0.2) is 38.2 Å². The third-order valence-corrected chi connectivity index (χ3v) is 3.72. The van der Waals surface area contributed by atoms with Crippen molar-refractivity contribution in [1.29, 1.82) is 0 Å². The van der Waals surface area contributed by atoms with Gasteiger partial charge in [0, 0.05) is 6.20 Å². The molecule has 0 aliphatic heterocycles. The first-order valence-corrected chi connectivity index (χ1v) is 6.77. The highest BCUT2D eigenvalue weighted by atomic mass is 32.1. The summed E-state index contributed by atoms with van der Waals surface area (Å²) >= 11 is 6.57. The Bertz CT molecular complexity index is 523. The van der Waals surface area contributed by atoms with Crippen molar-refractivity contribution in [3.63, 3.8) is 0 Å². The maximum atomic E-state index is 4.93. The zero-order chi connectivity index (χ0) is 12.3. The van der Waals surface area contributed by atoms with Crippen LogP contribution in [0.25, 0.3) is 10.7 Å². The molecule has 0 spiro atoms. The molecule has 5 nitrogen and oxygen atoms in total. The van der Waals surface area contributed by atoms with Crippen LogP contribution in [0, 0.1) is 4.77 Å². The molecule has 92 valence electrons. The summed E-state index contributed by atoms with van der Waals surface area (Å²) in [6, 6.07) is 0. The number of H-pyrrole nitrogens is 2. The van der Waals surface area contributed by atoms with Crippen LogP contribution in [0.1, 0.15) is 18.9 Å². The van der Waals surface area contributed by atoms with Crippen molar-refractivity contribution in [3.8, 4) is 10.7 Å². The van der Waals surface area contributed by atoms with E-state index in [1.165, 1.54) is 0 Å². The van der Waals surface area contributed by atoms with Crippen molar-refractivity contribution in [1.82, 2.24) is 25.1 Å². The predicted molar refractivity (Wildman–Crippen MR) is 71.5 cm³/mol. The Labute approximate surface area is 109 Å². The Kier molecular flexibility index (Phi) is 4.03. The van der Waals surface area contributed by atoms with Crippen LogP contribution in [0.2, 0.25) is 0 Å². The Hall–Kier alpha value is -1.05. The number of aromatic amines is 2. The van der Waals surface area contributed by atoms with Crippen LogP contribution in [0.15, 0.2) is 6.20 Å². The number of nitrogens with zero attached hydrogens (tertiary/aromatic N) is 3. The van der Waals surface area contributed by atoms with Crippen LogP contribution in [0.4, 0.5) is 0 Å². The standard InChI is InChI=1S/C10H15N5S2/c1-3-15(4-2)6-8-11-5-7(17-8)9-12-10(16)14-13-9/h5H,3-4,6H2,1-2H3,(H2,12,13,14,16). The number of thiazole rings is 1. The van der Waals surface area contributed by atoms with E-state index in [1.54, 1.807) is 11.3 Å². The molecule has 0 aliphatic carbocycles. The van der Waals surface area contributed by atoms with E-state index in [1.807, 2.05) is 6.20 Å². The number of rotatable bonds is 5. The van der Waals surface area contributed by atoms with Crippen LogP contribution in [0.3, 0.4) is 0 Å². The number of hydrogen-bond acceptors (Lipinski definition) is 5. The molecule has 2 aromatic heterocycles. The van der Waals surface area contributed by atoms with Gasteiger partial charge in [-0.05, 0) is 25.3 Å². The minimum Gasteiger partial charge on any atom is -0.297 e. The highest BCUT2D eigenvalue weighted by Crippen LogP contribution is 2.23. The molecule has 2 rings (SSSR count). The number of nitrogens with one attached hydrogen (secondary N) is 2. The predicted octanol–water partition coefficient (Wildman–Crippen LogP) is 2.43. The molecule has 0 atom stereocenters. The summed E-state index contributed by atoms with van der Waals surface area (Å²) in [5.74, 6) is 0.762. The number of hydrogen-bond donors (Lipinski definition) is 2. The summed E-state index contributed by atoms with van der Waals surface area (Å²) in [6.45, 7) is 7.28. The van der Waals surface area contributed by atoms with Gasteiger partial charge in [0.05, 0.1) is 11.4 Å². The van der Waals surface area contributed by atoms with E-state index in [4.69, 9.17) is 12.2 Å². The van der Waals surface area contributed by atoms with Crippen LogP contribution < -0.4 is 0 Å². The minimum absolute atomic E-state index is 0.471. The fourth-order valence-electron chi connectivity index (χ4n) is 1.52. The molecule has 2 aromatic rings. The normalized spacial score (nSPS) is 11.2. The van der Waals surface area contributed by atoms with Gasteiger partial charge in [-0.1, -0.05) is 13.8 Å². The summed E-state index contributed by atoms with van der Waals surface area (Å²) in [6.07, 6.45) is 1.84. The van der Waals surface area contributed by atoms with Crippen LogP contribution in [-0.2, 0) is 6.54 Å². The molecule has 0 aliphatic rings. The van der Waals surface area contributed by atoms with Gasteiger partial charge in [-0.3, -0.25) is 15.1 Å². The zero-order valence-corrected chi connectivity index (χ0v) is 11.5. The Morgan fingerprint density at radius 3 is 2.71 bits per heavy atom. The average Bonchev–Trinajstić information content (AvgIpc) is 2.94. The molecular formula is C10H15N5S2. The zero-order valence-electron chi connectivity index (χ0n) is 9.86. The van der Waals surface area contributed by atoms with Gasteiger partial charge >= 0.3 is 0 Å². The van der Waals surface area contributed by atoms with Crippen LogP contribution in [0.5, 0.6) is 0 Å². The van der Waals surface area contributed by atoms with Crippen molar-refractivity contribution >= 4 is 23.6 Å². The van der Waals surface area contributed by atoms with Gasteiger partial charge in [0.15, 0.2) is 5.82 Å². The van der Waals surface area contributed by atoms with Gasteiger partial charge in [-0.15, -0.1) is 11.3 Å². The van der Waals surface area contributed by atoms with Gasteiger partial charge < -0.3 is 0 Å². The van der Waals surface area contributed by atoms with Crippen LogP contribution >= 0.6 is 23.6 Å². The lowest BCUT2D eigenvalue weighted by molar-refractivity contribution is 0.295. The second-order valence-electron chi connectivity index (χ2n) is 3.60. The molecule has 0 saturated heterocycles. The second-order valence-corrected chi connectivity index (χ2v) is 5.10. The first-order valence-electron chi connectivity index (χ1n) is 5.55. The highest BCUT2D eigenvalue weighted by molar-refractivity contribution is 7.71. The molecule has 0 radical (unpaired) electrons. The van der Waals surface area contributed by atoms with E-state index >= 15 is 0 Å². The highest BCUT2D eigenvalue weighted by Gasteiger charge is 2.09. The molecule has 0 bridgehead atoms. The largest absolute Gasteiger partial charge is 0.297 e. The summed E-state index contributed by atoms with van der Waals surface area (Å²) in [5.41, 5.74) is 0. The van der Waals surface area contributed by atoms with Crippen molar-refractivity contribution in [3.05, 3.63) is 16.0 Å². The van der Waals surface area contributed by atoms with E-state index < -0.39 is 0 Å². The maximum Gasteiger partial charge on any atom is 0.213 e. The summed E-state index contributed by atoms with van der Waals surface area (Å²) in [4.78, 5) is 11.9. The smallest absolute Gasteiger partial charge is 0.213 e. The Balaban J connectivity index is 2.13. The fraction of sp³-hybridized carbons (Fsp3) is 0.500. The molecule has 17 heavy (non-hydrogen) atoms. The topological polar surface area (TPSA) is 60.6 Å². The summed E-state index contributed by atoms with van der Waals surface area (Å²) < 4.78 is 0.471. The molecule has 2 N–H and O–H groups in total. The molecule has 7 heteroatoms. The van der Waals surface area contributed by atoms with Crippen molar-refractivity contribution < 1.29 is 0 Å². The fourth-order valence-corrected chi connectivity index (χ4v) is 2.57. The first kappa shape index (κ1) is 12.4. The molecule has 0 amide bonds. The third-order valence-electron chi connectivity index (χ3n) is 2.54. The number of aromatic nitrogens is 4. The first-order chi connectivity index (χ1) is 8.22. The van der Waals surface area contributed by atoms with Crippen molar-refractivity contribution in [2.75, 3.05) is 13.1 Å². The summed E-state index contributed by atoms with van der Waals surface area (Å²) in [7, 11) is 0. The molecule has 0 fully saturated rings. The lowest BCUT2D eigenvalue weighted by Crippen LogP contribution is -2.21. The van der Waals surface area contributed by atoms with E-state index in [0.29, 0.717) is 4.77 Å². The SMILES string of the molecule is CCN(CC)Cc1ncc(-c2nc(=S)[nH][nH]2)s1. The van der Waals surface area contributed by atoms with E-state index in [9.17, 15) is 0 Å². The summed E-state index contributed by atoms with van der Waals surface area (Å²) in [5, 5.41) is 6.82. The average molecular weight is 269 g/mol. The molecule has 0 aromatic carbocycles. The lowest BCUT2D eigenvalue weighted by atomic mass is 10.5. The molecule has 0 unspecified atom stereocenters. The Morgan fingerprint density at radius 2 is 2.12 bits per heavy atom. The minimum atomic E-state index is 0.471. The molecule has 2 heterocycles. The van der Waals surface area contributed by atoms with Crippen molar-refractivity contribution in [2.24, 2.45) is 0 Å². The maximum absolute atomic E-state index is 4.93. The van der Waals surface area contributed by atoms with Gasteiger partial charge in [-0.2, -0.15) is 4.98 Å². The second kappa shape index (κ2) is 5.52. The van der Waals surface area contributed by atoms with E-state index in [0.717, 1.165) is 35.3 Å². The van der Waals surface area contributed by atoms with E-state index in [2.05, 4.69) is 38.9 Å².